The van der Waals surface area contributed by atoms with E-state index in [1.807, 2.05) is 18.2 Å². The number of nitrogen functional groups attached to an aromatic ring is 1. The summed E-state index contributed by atoms with van der Waals surface area (Å²) in [5, 5.41) is 16.3. The van der Waals surface area contributed by atoms with E-state index in [-0.39, 0.29) is 12.4 Å². The molecule has 1 rings (SSSR count). The number of nitrogens with two attached hydrogens (primary N) is 1. The van der Waals surface area contributed by atoms with Gasteiger partial charge in [-0.2, -0.15) is 0 Å². The Kier molecular flexibility index (Phi) is 7.04. The highest BCUT2D eigenvalue weighted by atomic mass is 16.5. The van der Waals surface area contributed by atoms with Crippen LogP contribution in [0.1, 0.15) is 30.4 Å². The molecule has 0 atom stereocenters. The van der Waals surface area contributed by atoms with Crippen molar-refractivity contribution in [1.82, 2.24) is 4.90 Å². The largest absolute Gasteiger partial charge is 0.496 e. The zero-order valence-electron chi connectivity index (χ0n) is 12.4. The lowest BCUT2D eigenvalue weighted by atomic mass is 10.1. The van der Waals surface area contributed by atoms with Gasteiger partial charge in [0.1, 0.15) is 11.6 Å². The second-order valence-electron chi connectivity index (χ2n) is 4.97. The number of ether oxygens (including phenoxy) is 1. The molecule has 0 aromatic heterocycles. The monoisotopic (exact) mass is 279 g/mol. The van der Waals surface area contributed by atoms with Crippen LogP contribution < -0.4 is 10.5 Å². The number of aliphatic hydroxyl groups is 1. The van der Waals surface area contributed by atoms with E-state index in [4.69, 9.17) is 21.0 Å². The molecule has 0 aliphatic rings. The highest BCUT2D eigenvalue weighted by Crippen LogP contribution is 2.20. The Labute approximate surface area is 120 Å². The Hall–Kier alpha value is -1.59. The maximum Gasteiger partial charge on any atom is 0.129 e. The summed E-state index contributed by atoms with van der Waals surface area (Å²) >= 11 is 0. The van der Waals surface area contributed by atoms with Crippen molar-refractivity contribution < 1.29 is 9.84 Å². The molecule has 0 amide bonds. The predicted octanol–water partition coefficient (Wildman–Crippen LogP) is 1.57. The van der Waals surface area contributed by atoms with Crippen molar-refractivity contribution in [2.75, 3.05) is 27.3 Å². The number of rotatable bonds is 9. The summed E-state index contributed by atoms with van der Waals surface area (Å²) in [6.07, 6.45) is 2.99. The molecule has 112 valence electrons. The molecule has 1 aromatic carbocycles. The second-order valence-corrected chi connectivity index (χ2v) is 4.97. The maximum absolute atomic E-state index is 8.74. The minimum Gasteiger partial charge on any atom is -0.496 e. The number of aliphatic hydroxyl groups excluding tert-OH is 1. The van der Waals surface area contributed by atoms with Gasteiger partial charge in [-0.05, 0) is 50.6 Å². The minimum atomic E-state index is 0.0225. The van der Waals surface area contributed by atoms with Gasteiger partial charge in [0.05, 0.1) is 12.7 Å². The average molecular weight is 279 g/mol. The molecular formula is C15H25N3O2. The summed E-state index contributed by atoms with van der Waals surface area (Å²) in [5.74, 6) is 0.654. The van der Waals surface area contributed by atoms with Gasteiger partial charge in [-0.15, -0.1) is 0 Å². The van der Waals surface area contributed by atoms with Gasteiger partial charge in [0.25, 0.3) is 0 Å². The fourth-order valence-electron chi connectivity index (χ4n) is 2.12. The first kappa shape index (κ1) is 16.5. The lowest BCUT2D eigenvalue weighted by Gasteiger charge is -2.17. The van der Waals surface area contributed by atoms with Gasteiger partial charge >= 0.3 is 0 Å². The Balaban J connectivity index is 2.59. The quantitative estimate of drug-likeness (QED) is 0.364. The van der Waals surface area contributed by atoms with Crippen LogP contribution in [0.25, 0.3) is 0 Å². The minimum absolute atomic E-state index is 0.0225. The van der Waals surface area contributed by atoms with Crippen molar-refractivity contribution in [3.05, 3.63) is 29.3 Å². The van der Waals surface area contributed by atoms with Crippen molar-refractivity contribution in [2.45, 2.75) is 25.8 Å². The fourth-order valence-corrected chi connectivity index (χ4v) is 2.12. The second kappa shape index (κ2) is 8.55. The van der Waals surface area contributed by atoms with Gasteiger partial charge < -0.3 is 20.5 Å². The fraction of sp³-hybridized carbons (Fsp3) is 0.533. The summed E-state index contributed by atoms with van der Waals surface area (Å²) in [6, 6.07) is 5.76. The van der Waals surface area contributed by atoms with E-state index in [2.05, 4.69) is 11.9 Å². The molecule has 0 radical (unpaired) electrons. The normalized spacial score (nSPS) is 10.8. The standard InChI is InChI=1S/C15H25N3O2/c1-18(8-4-3-5-9-19)11-12-6-7-14(20-2)13(10-12)15(16)17/h6-7,10,19H,3-5,8-9,11H2,1-2H3,(H3,16,17). The van der Waals surface area contributed by atoms with Crippen LogP contribution in [0.15, 0.2) is 18.2 Å². The zero-order chi connectivity index (χ0) is 15.0. The van der Waals surface area contributed by atoms with Crippen molar-refractivity contribution in [1.29, 1.82) is 5.41 Å². The Morgan fingerprint density at radius 2 is 2.10 bits per heavy atom. The molecule has 5 heteroatoms. The van der Waals surface area contributed by atoms with Crippen LogP contribution in [0, 0.1) is 5.41 Å². The van der Waals surface area contributed by atoms with Crippen LogP contribution in [0.3, 0.4) is 0 Å². The summed E-state index contributed by atoms with van der Waals surface area (Å²) < 4.78 is 5.20. The molecule has 0 saturated heterocycles. The molecule has 0 bridgehead atoms. The summed E-state index contributed by atoms with van der Waals surface area (Å²) in [7, 11) is 3.64. The van der Waals surface area contributed by atoms with Gasteiger partial charge in [-0.25, -0.2) is 0 Å². The molecule has 0 spiro atoms. The number of benzene rings is 1. The van der Waals surface area contributed by atoms with E-state index in [0.29, 0.717) is 11.3 Å². The lowest BCUT2D eigenvalue weighted by molar-refractivity contribution is 0.271. The van der Waals surface area contributed by atoms with E-state index in [1.54, 1.807) is 7.11 Å². The number of nitrogens with one attached hydrogen (secondary N) is 1. The van der Waals surface area contributed by atoms with Crippen molar-refractivity contribution >= 4 is 5.84 Å². The first-order valence-corrected chi connectivity index (χ1v) is 6.89. The highest BCUT2D eigenvalue weighted by molar-refractivity contribution is 5.97. The van der Waals surface area contributed by atoms with E-state index < -0.39 is 0 Å². The summed E-state index contributed by atoms with van der Waals surface area (Å²) in [5.41, 5.74) is 7.32. The van der Waals surface area contributed by atoms with Gasteiger partial charge in [0.15, 0.2) is 0 Å². The number of hydrogen-bond acceptors (Lipinski definition) is 4. The number of unbranched alkanes of at least 4 members (excludes halogenated alkanes) is 2. The van der Waals surface area contributed by atoms with E-state index in [1.165, 1.54) is 0 Å². The third-order valence-corrected chi connectivity index (χ3v) is 3.20. The van der Waals surface area contributed by atoms with Gasteiger partial charge in [-0.3, -0.25) is 5.41 Å². The molecule has 0 saturated carbocycles. The summed E-state index contributed by atoms with van der Waals surface area (Å²) in [6.45, 7) is 2.06. The van der Waals surface area contributed by atoms with Gasteiger partial charge in [0.2, 0.25) is 0 Å². The van der Waals surface area contributed by atoms with Crippen molar-refractivity contribution in [2.24, 2.45) is 5.73 Å². The topological polar surface area (TPSA) is 82.6 Å². The smallest absolute Gasteiger partial charge is 0.129 e. The van der Waals surface area contributed by atoms with Gasteiger partial charge in [0, 0.05) is 13.2 Å². The molecule has 5 nitrogen and oxygen atoms in total. The van der Waals surface area contributed by atoms with E-state index in [9.17, 15) is 0 Å². The first-order valence-electron chi connectivity index (χ1n) is 6.89. The average Bonchev–Trinajstić information content (AvgIpc) is 2.43. The van der Waals surface area contributed by atoms with Crippen molar-refractivity contribution in [3.8, 4) is 5.75 Å². The maximum atomic E-state index is 8.74. The van der Waals surface area contributed by atoms with Crippen molar-refractivity contribution in [3.63, 3.8) is 0 Å². The third-order valence-electron chi connectivity index (χ3n) is 3.20. The SMILES string of the molecule is COc1ccc(CN(C)CCCCCO)cc1C(=N)N. The highest BCUT2D eigenvalue weighted by Gasteiger charge is 2.08. The first-order chi connectivity index (χ1) is 9.58. The molecule has 0 aliphatic carbocycles. The van der Waals surface area contributed by atoms with Crippen LogP contribution in [-0.2, 0) is 6.54 Å². The van der Waals surface area contributed by atoms with E-state index in [0.717, 1.165) is 37.9 Å². The number of amidine groups is 1. The number of nitrogens with zero attached hydrogens (tertiary/aromatic N) is 1. The molecule has 0 unspecified atom stereocenters. The molecule has 0 fully saturated rings. The van der Waals surface area contributed by atoms with Crippen LogP contribution in [-0.4, -0.2) is 43.2 Å². The van der Waals surface area contributed by atoms with Crippen LogP contribution in [0.2, 0.25) is 0 Å². The van der Waals surface area contributed by atoms with Gasteiger partial charge in [-0.1, -0.05) is 6.07 Å². The molecule has 0 heterocycles. The number of methoxy groups -OCH3 is 1. The van der Waals surface area contributed by atoms with E-state index >= 15 is 0 Å². The molecular weight excluding hydrogens is 254 g/mol. The molecule has 0 aliphatic heterocycles. The lowest BCUT2D eigenvalue weighted by Crippen LogP contribution is -2.20. The Morgan fingerprint density at radius 3 is 2.70 bits per heavy atom. The third kappa shape index (κ3) is 5.19. The molecule has 20 heavy (non-hydrogen) atoms. The molecule has 4 N–H and O–H groups in total. The van der Waals surface area contributed by atoms with Crippen LogP contribution in [0.5, 0.6) is 5.75 Å². The zero-order valence-corrected chi connectivity index (χ0v) is 12.4. The Bertz CT molecular complexity index is 435. The summed E-state index contributed by atoms with van der Waals surface area (Å²) in [4.78, 5) is 2.23. The number of hydrogen-bond donors (Lipinski definition) is 3. The Morgan fingerprint density at radius 1 is 1.35 bits per heavy atom. The molecule has 1 aromatic rings. The van der Waals surface area contributed by atoms with Crippen LogP contribution >= 0.6 is 0 Å². The van der Waals surface area contributed by atoms with Crippen LogP contribution in [0.4, 0.5) is 0 Å². The predicted molar refractivity (Wildman–Crippen MR) is 81.3 cm³/mol.